The second-order valence-electron chi connectivity index (χ2n) is 5.18. The van der Waals surface area contributed by atoms with Gasteiger partial charge in [0.1, 0.15) is 0 Å². The lowest BCUT2D eigenvalue weighted by Gasteiger charge is -2.37. The molecule has 2 N–H and O–H groups in total. The van der Waals surface area contributed by atoms with Crippen molar-refractivity contribution in [2.75, 3.05) is 19.6 Å². The molecule has 2 bridgehead atoms. The molecule has 0 spiro atoms. The number of fused-ring (bicyclic) bond motifs is 2. The highest BCUT2D eigenvalue weighted by Crippen LogP contribution is 2.44. The fraction of sp³-hybridized carbons (Fsp3) is 1.00. The molecule has 3 rings (SSSR count). The number of nitrogens with two attached hydrogens (primary N) is 1. The van der Waals surface area contributed by atoms with Gasteiger partial charge in [0.15, 0.2) is 0 Å². The molecule has 13 heavy (non-hydrogen) atoms. The van der Waals surface area contributed by atoms with E-state index in [-0.39, 0.29) is 0 Å². The number of rotatable bonds is 2. The van der Waals surface area contributed by atoms with Crippen LogP contribution in [0.2, 0.25) is 0 Å². The first kappa shape index (κ1) is 8.25. The zero-order chi connectivity index (χ0) is 8.84. The van der Waals surface area contributed by atoms with Crippen molar-refractivity contribution in [2.24, 2.45) is 23.5 Å². The van der Waals surface area contributed by atoms with Crippen LogP contribution in [0.15, 0.2) is 0 Å². The van der Waals surface area contributed by atoms with E-state index < -0.39 is 0 Å². The summed E-state index contributed by atoms with van der Waals surface area (Å²) in [6.45, 7) is 3.67. The van der Waals surface area contributed by atoms with Gasteiger partial charge in [-0.05, 0) is 50.0 Å². The van der Waals surface area contributed by atoms with Crippen LogP contribution >= 0.6 is 0 Å². The Hall–Kier alpha value is -0.0800. The maximum atomic E-state index is 5.84. The van der Waals surface area contributed by atoms with Crippen molar-refractivity contribution >= 4 is 0 Å². The fourth-order valence-corrected chi connectivity index (χ4v) is 3.49. The highest BCUT2D eigenvalue weighted by molar-refractivity contribution is 4.97. The Balaban J connectivity index is 1.70. The number of nitrogens with zero attached hydrogens (tertiary/aromatic N) is 1. The Bertz CT molecular complexity index is 186. The van der Waals surface area contributed by atoms with Gasteiger partial charge in [-0.15, -0.1) is 0 Å². The van der Waals surface area contributed by atoms with Crippen LogP contribution in [0.5, 0.6) is 0 Å². The monoisotopic (exact) mass is 180 g/mol. The third-order valence-corrected chi connectivity index (χ3v) is 4.39. The number of hydrogen-bond acceptors (Lipinski definition) is 2. The average molecular weight is 180 g/mol. The van der Waals surface area contributed by atoms with Gasteiger partial charge in [-0.1, -0.05) is 0 Å². The van der Waals surface area contributed by atoms with E-state index in [1.807, 2.05) is 0 Å². The third kappa shape index (κ3) is 1.31. The molecule has 1 aliphatic heterocycles. The van der Waals surface area contributed by atoms with Gasteiger partial charge >= 0.3 is 0 Å². The van der Waals surface area contributed by atoms with Gasteiger partial charge < -0.3 is 5.73 Å². The predicted molar refractivity (Wildman–Crippen MR) is 53.4 cm³/mol. The molecule has 2 aliphatic carbocycles. The molecular weight excluding hydrogens is 160 g/mol. The lowest BCUT2D eigenvalue weighted by atomic mass is 9.85. The fourth-order valence-electron chi connectivity index (χ4n) is 3.49. The summed E-state index contributed by atoms with van der Waals surface area (Å²) in [5.41, 5.74) is 5.84. The second-order valence-corrected chi connectivity index (χ2v) is 5.18. The Kier molecular flexibility index (Phi) is 1.88. The largest absolute Gasteiger partial charge is 0.330 e. The van der Waals surface area contributed by atoms with E-state index in [9.17, 15) is 0 Å². The van der Waals surface area contributed by atoms with E-state index in [2.05, 4.69) is 4.90 Å². The van der Waals surface area contributed by atoms with Crippen LogP contribution < -0.4 is 5.73 Å². The van der Waals surface area contributed by atoms with Crippen LogP contribution in [0.1, 0.15) is 25.7 Å². The third-order valence-electron chi connectivity index (χ3n) is 4.39. The van der Waals surface area contributed by atoms with Gasteiger partial charge in [0, 0.05) is 19.1 Å². The van der Waals surface area contributed by atoms with Crippen LogP contribution in [0.3, 0.4) is 0 Å². The molecule has 2 atom stereocenters. The highest BCUT2D eigenvalue weighted by Gasteiger charge is 2.44. The average Bonchev–Trinajstić information content (AvgIpc) is 2.92. The molecule has 74 valence electrons. The molecule has 2 nitrogen and oxygen atoms in total. The summed E-state index contributed by atoms with van der Waals surface area (Å²) in [6, 6.07) is 0.974. The molecule has 3 aliphatic rings. The Morgan fingerprint density at radius 1 is 1.00 bits per heavy atom. The van der Waals surface area contributed by atoms with Gasteiger partial charge in [-0.2, -0.15) is 0 Å². The summed E-state index contributed by atoms with van der Waals surface area (Å²) in [6.07, 6.45) is 5.84. The van der Waals surface area contributed by atoms with E-state index in [1.54, 1.807) is 0 Å². The topological polar surface area (TPSA) is 29.3 Å². The van der Waals surface area contributed by atoms with Crippen molar-refractivity contribution in [3.8, 4) is 0 Å². The van der Waals surface area contributed by atoms with E-state index >= 15 is 0 Å². The normalized spacial score (nSPS) is 45.5. The number of piperidine rings is 1. The van der Waals surface area contributed by atoms with Crippen LogP contribution in [0, 0.1) is 17.8 Å². The molecule has 1 saturated heterocycles. The Morgan fingerprint density at radius 2 is 1.62 bits per heavy atom. The first-order chi connectivity index (χ1) is 6.38. The van der Waals surface area contributed by atoms with E-state index in [0.29, 0.717) is 0 Å². The standard InChI is InChI=1S/C11H20N2/c12-5-11-8-1-2-9(11)7-13(6-8)10-3-4-10/h8-11H,1-7,12H2. The van der Waals surface area contributed by atoms with Crippen LogP contribution in [-0.4, -0.2) is 30.6 Å². The summed E-state index contributed by atoms with van der Waals surface area (Å²) in [4.78, 5) is 2.74. The molecule has 0 amide bonds. The molecule has 1 heterocycles. The van der Waals surface area contributed by atoms with Crippen molar-refractivity contribution < 1.29 is 0 Å². The van der Waals surface area contributed by atoms with Gasteiger partial charge in [0.25, 0.3) is 0 Å². The Labute approximate surface area is 80.5 Å². The molecule has 2 heteroatoms. The summed E-state index contributed by atoms with van der Waals surface area (Å²) >= 11 is 0. The SMILES string of the molecule is NCC1C2CCC1CN(C1CC1)C2. The zero-order valence-electron chi connectivity index (χ0n) is 8.28. The lowest BCUT2D eigenvalue weighted by molar-refractivity contribution is 0.107. The van der Waals surface area contributed by atoms with Gasteiger partial charge in [0.05, 0.1) is 0 Å². The molecule has 0 radical (unpaired) electrons. The minimum absolute atomic E-state index is 0.870. The van der Waals surface area contributed by atoms with Crippen LogP contribution in [0.4, 0.5) is 0 Å². The molecule has 2 saturated carbocycles. The lowest BCUT2D eigenvalue weighted by Crippen LogP contribution is -2.45. The summed E-state index contributed by atoms with van der Waals surface area (Å²) in [7, 11) is 0. The van der Waals surface area contributed by atoms with E-state index in [4.69, 9.17) is 5.73 Å². The van der Waals surface area contributed by atoms with Crippen molar-refractivity contribution in [1.82, 2.24) is 4.90 Å². The van der Waals surface area contributed by atoms with Crippen molar-refractivity contribution in [3.63, 3.8) is 0 Å². The van der Waals surface area contributed by atoms with Gasteiger partial charge in [-0.25, -0.2) is 0 Å². The zero-order valence-corrected chi connectivity index (χ0v) is 8.28. The Morgan fingerprint density at radius 3 is 2.08 bits per heavy atom. The van der Waals surface area contributed by atoms with Crippen molar-refractivity contribution in [1.29, 1.82) is 0 Å². The quantitative estimate of drug-likeness (QED) is 0.688. The van der Waals surface area contributed by atoms with Crippen molar-refractivity contribution in [3.05, 3.63) is 0 Å². The molecule has 3 fully saturated rings. The molecule has 0 aromatic rings. The second kappa shape index (κ2) is 2.96. The highest BCUT2D eigenvalue weighted by atomic mass is 15.2. The predicted octanol–water partition coefficient (Wildman–Crippen LogP) is 1.07. The number of likely N-dealkylation sites (tertiary alicyclic amines) is 1. The maximum absolute atomic E-state index is 5.84. The molecular formula is C11H20N2. The molecule has 0 aromatic carbocycles. The maximum Gasteiger partial charge on any atom is 0.00966 e. The van der Waals surface area contributed by atoms with E-state index in [0.717, 1.165) is 30.3 Å². The minimum Gasteiger partial charge on any atom is -0.330 e. The van der Waals surface area contributed by atoms with Gasteiger partial charge in [-0.3, -0.25) is 4.90 Å². The van der Waals surface area contributed by atoms with Gasteiger partial charge in [0.2, 0.25) is 0 Å². The summed E-state index contributed by atoms with van der Waals surface area (Å²) < 4.78 is 0. The summed E-state index contributed by atoms with van der Waals surface area (Å²) in [5, 5.41) is 0. The number of hydrogen-bond donors (Lipinski definition) is 1. The van der Waals surface area contributed by atoms with Crippen molar-refractivity contribution in [2.45, 2.75) is 31.7 Å². The first-order valence-electron chi connectivity index (χ1n) is 5.82. The molecule has 0 aromatic heterocycles. The van der Waals surface area contributed by atoms with E-state index in [1.165, 1.54) is 38.8 Å². The smallest absolute Gasteiger partial charge is 0.00966 e. The minimum atomic E-state index is 0.870. The van der Waals surface area contributed by atoms with Crippen LogP contribution in [0.25, 0.3) is 0 Å². The summed E-state index contributed by atoms with van der Waals surface area (Å²) in [5.74, 6) is 2.77. The molecule has 2 unspecified atom stereocenters. The van der Waals surface area contributed by atoms with Crippen LogP contribution in [-0.2, 0) is 0 Å². The first-order valence-corrected chi connectivity index (χ1v) is 5.82.